The summed E-state index contributed by atoms with van der Waals surface area (Å²) in [5, 5.41) is 5.94. The Balaban J connectivity index is 1.93. The topological polar surface area (TPSA) is 72.5 Å². The molecule has 0 bridgehead atoms. The second-order valence-electron chi connectivity index (χ2n) is 6.09. The van der Waals surface area contributed by atoms with Gasteiger partial charge in [0.1, 0.15) is 5.52 Å². The first-order valence-corrected chi connectivity index (χ1v) is 8.42. The molecule has 0 saturated carbocycles. The van der Waals surface area contributed by atoms with Crippen molar-refractivity contribution >= 4 is 22.6 Å². The van der Waals surface area contributed by atoms with E-state index in [1.165, 1.54) is 18.3 Å². The molecule has 0 unspecified atom stereocenters. The smallest absolute Gasteiger partial charge is 0.387 e. The third-order valence-electron chi connectivity index (χ3n) is 3.40. The van der Waals surface area contributed by atoms with Crippen LogP contribution in [-0.4, -0.2) is 37.4 Å². The number of rotatable bonds is 9. The molecule has 0 radical (unpaired) electrons. The molecule has 0 spiro atoms. The summed E-state index contributed by atoms with van der Waals surface area (Å²) in [5.41, 5.74) is 0.718. The lowest BCUT2D eigenvalue weighted by Crippen LogP contribution is -2.30. The molecule has 0 atom stereocenters. The van der Waals surface area contributed by atoms with Crippen LogP contribution in [0, 0.1) is 5.92 Å². The molecule has 8 heteroatoms. The third kappa shape index (κ3) is 6.11. The average Bonchev–Trinajstić information content (AvgIpc) is 2.59. The number of anilines is 1. The van der Waals surface area contributed by atoms with Gasteiger partial charge in [0.2, 0.25) is 0 Å². The number of fused-ring (bicyclic) bond motifs is 1. The minimum Gasteiger partial charge on any atom is -0.432 e. The summed E-state index contributed by atoms with van der Waals surface area (Å²) >= 11 is 0. The molecule has 0 saturated heterocycles. The SMILES string of the molecule is CC(C)COCCCNC(=O)Nc1ccc(OC(F)F)c2ncccc12. The number of carbonyl (C=O) groups is 1. The van der Waals surface area contributed by atoms with Crippen LogP contribution in [-0.2, 0) is 4.74 Å². The van der Waals surface area contributed by atoms with E-state index in [0.29, 0.717) is 43.2 Å². The Morgan fingerprint density at radius 3 is 2.81 bits per heavy atom. The molecule has 2 N–H and O–H groups in total. The number of nitrogens with one attached hydrogen (secondary N) is 2. The largest absolute Gasteiger partial charge is 0.432 e. The van der Waals surface area contributed by atoms with Crippen LogP contribution in [0.2, 0.25) is 0 Å². The molecular weight excluding hydrogens is 344 g/mol. The van der Waals surface area contributed by atoms with Crippen molar-refractivity contribution < 1.29 is 23.0 Å². The molecule has 1 aromatic carbocycles. The number of amides is 2. The number of urea groups is 1. The number of ether oxygens (including phenoxy) is 2. The van der Waals surface area contributed by atoms with Crippen LogP contribution in [0.4, 0.5) is 19.3 Å². The molecule has 0 aliphatic rings. The molecule has 0 fully saturated rings. The van der Waals surface area contributed by atoms with E-state index in [2.05, 4.69) is 34.2 Å². The fourth-order valence-electron chi connectivity index (χ4n) is 2.31. The van der Waals surface area contributed by atoms with Gasteiger partial charge in [-0.05, 0) is 36.6 Å². The molecule has 6 nitrogen and oxygen atoms in total. The van der Waals surface area contributed by atoms with Gasteiger partial charge in [-0.25, -0.2) is 4.79 Å². The van der Waals surface area contributed by atoms with Crippen molar-refractivity contribution in [1.82, 2.24) is 10.3 Å². The molecule has 0 aliphatic carbocycles. The summed E-state index contributed by atoms with van der Waals surface area (Å²) < 4.78 is 34.9. The van der Waals surface area contributed by atoms with E-state index in [1.54, 1.807) is 12.1 Å². The number of benzene rings is 1. The van der Waals surface area contributed by atoms with Gasteiger partial charge in [0, 0.05) is 31.3 Å². The molecule has 142 valence electrons. The Morgan fingerprint density at radius 1 is 1.27 bits per heavy atom. The van der Waals surface area contributed by atoms with E-state index >= 15 is 0 Å². The lowest BCUT2D eigenvalue weighted by Gasteiger charge is -2.13. The van der Waals surface area contributed by atoms with Crippen molar-refractivity contribution in [2.45, 2.75) is 26.9 Å². The molecule has 2 rings (SSSR count). The highest BCUT2D eigenvalue weighted by molar-refractivity contribution is 6.02. The molecule has 2 aromatic rings. The van der Waals surface area contributed by atoms with Gasteiger partial charge in [-0.2, -0.15) is 8.78 Å². The van der Waals surface area contributed by atoms with Crippen LogP contribution in [0.25, 0.3) is 10.9 Å². The normalized spacial score (nSPS) is 11.2. The highest BCUT2D eigenvalue weighted by Crippen LogP contribution is 2.30. The lowest BCUT2D eigenvalue weighted by atomic mass is 10.1. The minimum atomic E-state index is -2.94. The van der Waals surface area contributed by atoms with Crippen molar-refractivity contribution in [2.24, 2.45) is 5.92 Å². The first-order valence-electron chi connectivity index (χ1n) is 8.42. The number of nitrogens with zero attached hydrogens (tertiary/aromatic N) is 1. The van der Waals surface area contributed by atoms with Crippen LogP contribution in [0.1, 0.15) is 20.3 Å². The molecule has 1 heterocycles. The summed E-state index contributed by atoms with van der Waals surface area (Å²) in [6.45, 7) is 2.93. The Bertz CT molecular complexity index is 726. The van der Waals surface area contributed by atoms with Crippen molar-refractivity contribution in [3.05, 3.63) is 30.5 Å². The first-order chi connectivity index (χ1) is 12.5. The number of carbonyl (C=O) groups excluding carboxylic acids is 1. The standard InChI is InChI=1S/C18H23F2N3O3/c1-12(2)11-25-10-4-9-22-18(24)23-14-6-7-15(26-17(19)20)16-13(14)5-3-8-21-16/h3,5-8,12,17H,4,9-11H2,1-2H3,(H2,22,23,24). The average molecular weight is 367 g/mol. The van der Waals surface area contributed by atoms with Gasteiger partial charge in [0.15, 0.2) is 5.75 Å². The highest BCUT2D eigenvalue weighted by atomic mass is 19.3. The molecule has 0 aliphatic heterocycles. The van der Waals surface area contributed by atoms with E-state index in [-0.39, 0.29) is 17.3 Å². The maximum atomic E-state index is 12.5. The van der Waals surface area contributed by atoms with Gasteiger partial charge < -0.3 is 20.1 Å². The fourth-order valence-corrected chi connectivity index (χ4v) is 2.31. The van der Waals surface area contributed by atoms with Crippen LogP contribution in [0.5, 0.6) is 5.75 Å². The molecule has 26 heavy (non-hydrogen) atoms. The predicted octanol–water partition coefficient (Wildman–Crippen LogP) is 4.02. The second kappa shape index (κ2) is 9.86. The van der Waals surface area contributed by atoms with Crippen molar-refractivity contribution in [3.8, 4) is 5.75 Å². The Morgan fingerprint density at radius 2 is 2.08 bits per heavy atom. The summed E-state index contributed by atoms with van der Waals surface area (Å²) in [5.74, 6) is 0.439. The third-order valence-corrected chi connectivity index (χ3v) is 3.40. The second-order valence-corrected chi connectivity index (χ2v) is 6.09. The summed E-state index contributed by atoms with van der Waals surface area (Å²) in [7, 11) is 0. The monoisotopic (exact) mass is 367 g/mol. The molecular formula is C18H23F2N3O3. The zero-order valence-electron chi connectivity index (χ0n) is 14.8. The van der Waals surface area contributed by atoms with Crippen molar-refractivity contribution in [2.75, 3.05) is 25.1 Å². The Hall–Kier alpha value is -2.48. The number of halogens is 2. The van der Waals surface area contributed by atoms with Gasteiger partial charge in [-0.3, -0.25) is 4.98 Å². The van der Waals surface area contributed by atoms with Crippen LogP contribution >= 0.6 is 0 Å². The van der Waals surface area contributed by atoms with Crippen molar-refractivity contribution in [3.63, 3.8) is 0 Å². The molecule has 2 amide bonds. The van der Waals surface area contributed by atoms with Gasteiger partial charge >= 0.3 is 12.6 Å². The Labute approximate surface area is 150 Å². The zero-order valence-corrected chi connectivity index (χ0v) is 14.8. The summed E-state index contributed by atoms with van der Waals surface area (Å²) in [6, 6.07) is 5.81. The van der Waals surface area contributed by atoms with E-state index in [9.17, 15) is 13.6 Å². The predicted molar refractivity (Wildman–Crippen MR) is 95.7 cm³/mol. The van der Waals surface area contributed by atoms with Crippen LogP contribution in [0.3, 0.4) is 0 Å². The number of aromatic nitrogens is 1. The Kier molecular flexibility index (Phi) is 7.53. The maximum absolute atomic E-state index is 12.5. The van der Waals surface area contributed by atoms with Crippen molar-refractivity contribution in [1.29, 1.82) is 0 Å². The van der Waals surface area contributed by atoms with Crippen LogP contribution < -0.4 is 15.4 Å². The number of alkyl halides is 2. The van der Waals surface area contributed by atoms with Gasteiger partial charge in [0.05, 0.1) is 5.69 Å². The minimum absolute atomic E-state index is 0.0381. The van der Waals surface area contributed by atoms with E-state index < -0.39 is 6.61 Å². The maximum Gasteiger partial charge on any atom is 0.387 e. The van der Waals surface area contributed by atoms with Gasteiger partial charge in [-0.15, -0.1) is 0 Å². The molecule has 1 aromatic heterocycles. The fraction of sp³-hybridized carbons (Fsp3) is 0.444. The number of pyridine rings is 1. The number of hydrogen-bond acceptors (Lipinski definition) is 4. The highest BCUT2D eigenvalue weighted by Gasteiger charge is 2.13. The van der Waals surface area contributed by atoms with E-state index in [1.807, 2.05) is 0 Å². The van der Waals surface area contributed by atoms with E-state index in [4.69, 9.17) is 4.74 Å². The number of hydrogen-bond donors (Lipinski definition) is 2. The quantitative estimate of drug-likeness (QED) is 0.657. The van der Waals surface area contributed by atoms with Gasteiger partial charge in [0.25, 0.3) is 0 Å². The lowest BCUT2D eigenvalue weighted by molar-refractivity contribution is -0.0489. The van der Waals surface area contributed by atoms with E-state index in [0.717, 1.165) is 0 Å². The first kappa shape index (κ1) is 19.8. The summed E-state index contributed by atoms with van der Waals surface area (Å²) in [4.78, 5) is 16.1. The van der Waals surface area contributed by atoms with Gasteiger partial charge in [-0.1, -0.05) is 13.8 Å². The summed E-state index contributed by atoms with van der Waals surface area (Å²) in [6.07, 6.45) is 2.17. The zero-order chi connectivity index (χ0) is 18.9. The van der Waals surface area contributed by atoms with Crippen LogP contribution in [0.15, 0.2) is 30.5 Å².